The van der Waals surface area contributed by atoms with Crippen LogP contribution in [0.3, 0.4) is 0 Å². The van der Waals surface area contributed by atoms with E-state index in [1.54, 1.807) is 0 Å². The van der Waals surface area contributed by atoms with E-state index < -0.39 is 14.2 Å². The Labute approximate surface area is 102 Å². The van der Waals surface area contributed by atoms with E-state index in [-0.39, 0.29) is 5.92 Å². The van der Waals surface area contributed by atoms with E-state index in [0.717, 1.165) is 6.42 Å². The number of allylic oxidation sites excluding steroid dienone is 1. The lowest BCUT2D eigenvalue weighted by Crippen LogP contribution is -2.19. The summed E-state index contributed by atoms with van der Waals surface area (Å²) in [5.41, 5.74) is 3.30. The summed E-state index contributed by atoms with van der Waals surface area (Å²) in [6, 6.07) is 0. The Hall–Kier alpha value is -0.523. The van der Waals surface area contributed by atoms with Crippen molar-refractivity contribution < 1.29 is 5.11 Å². The molecule has 0 bridgehead atoms. The van der Waals surface area contributed by atoms with Crippen molar-refractivity contribution in [3.63, 3.8) is 0 Å². The third kappa shape index (κ3) is 8.76. The summed E-state index contributed by atoms with van der Waals surface area (Å²) in [7, 11) is -1.31. The molecule has 1 N–H and O–H groups in total. The number of hydrogen-bond acceptors (Lipinski definition) is 1. The van der Waals surface area contributed by atoms with Gasteiger partial charge in [0, 0.05) is 5.92 Å². The van der Waals surface area contributed by atoms with Gasteiger partial charge in [0.05, 0.1) is 6.10 Å². The molecule has 0 aliphatic heterocycles. The van der Waals surface area contributed by atoms with Crippen molar-refractivity contribution in [1.29, 1.82) is 0 Å². The molecule has 0 aliphatic rings. The highest BCUT2D eigenvalue weighted by atomic mass is 28.3. The van der Waals surface area contributed by atoms with E-state index in [2.05, 4.69) is 44.1 Å². The van der Waals surface area contributed by atoms with Crippen LogP contribution in [0.5, 0.6) is 0 Å². The van der Waals surface area contributed by atoms with E-state index in [9.17, 15) is 5.11 Å². The van der Waals surface area contributed by atoms with Gasteiger partial charge < -0.3 is 5.11 Å². The molecule has 2 atom stereocenters. The zero-order chi connectivity index (χ0) is 12.6. The van der Waals surface area contributed by atoms with Gasteiger partial charge in [-0.15, -0.1) is 11.5 Å². The summed E-state index contributed by atoms with van der Waals surface area (Å²) in [6.07, 6.45) is 6.99. The largest absolute Gasteiger partial charge is 0.388 e. The summed E-state index contributed by atoms with van der Waals surface area (Å²) >= 11 is 0. The lowest BCUT2D eigenvalue weighted by molar-refractivity contribution is 0.189. The van der Waals surface area contributed by atoms with E-state index in [4.69, 9.17) is 0 Å². The molecule has 0 rings (SSSR count). The molecular formula is C14H26OSi. The molecule has 92 valence electrons. The minimum atomic E-state index is -1.31. The van der Waals surface area contributed by atoms with Crippen LogP contribution in [0.4, 0.5) is 0 Å². The van der Waals surface area contributed by atoms with Gasteiger partial charge in [-0.1, -0.05) is 51.6 Å². The van der Waals surface area contributed by atoms with Gasteiger partial charge in [0.2, 0.25) is 0 Å². The lowest BCUT2D eigenvalue weighted by atomic mass is 10.1. The standard InChI is InChI=1S/C14H26OSi/c1-6-7-8-9-10-14(15)13(2)11-12-16(3,4)5/h9-10,13-15H,6-8H2,1-5H3/b10-9+/t13-,14+/m0/s1. The quantitative estimate of drug-likeness (QED) is 0.336. The van der Waals surface area contributed by atoms with Crippen LogP contribution in [0.2, 0.25) is 19.6 Å². The number of aliphatic hydroxyl groups is 1. The molecule has 0 amide bonds. The van der Waals surface area contributed by atoms with Crippen molar-refractivity contribution in [1.82, 2.24) is 0 Å². The van der Waals surface area contributed by atoms with Gasteiger partial charge in [0.15, 0.2) is 0 Å². The molecule has 0 aliphatic carbocycles. The van der Waals surface area contributed by atoms with E-state index in [1.165, 1.54) is 12.8 Å². The average molecular weight is 238 g/mol. The first-order chi connectivity index (χ1) is 7.37. The monoisotopic (exact) mass is 238 g/mol. The summed E-state index contributed by atoms with van der Waals surface area (Å²) in [5, 5.41) is 9.84. The maximum atomic E-state index is 9.84. The molecule has 0 unspecified atom stereocenters. The Morgan fingerprint density at radius 2 is 1.94 bits per heavy atom. The fraction of sp³-hybridized carbons (Fsp3) is 0.714. The molecule has 0 fully saturated rings. The van der Waals surface area contributed by atoms with Crippen LogP contribution in [0.1, 0.15) is 33.1 Å². The van der Waals surface area contributed by atoms with Crippen molar-refractivity contribution in [3.05, 3.63) is 12.2 Å². The normalized spacial score (nSPS) is 15.6. The second-order valence-electron chi connectivity index (χ2n) is 5.37. The van der Waals surface area contributed by atoms with Crippen molar-refractivity contribution in [2.45, 2.75) is 58.9 Å². The molecule has 0 heterocycles. The molecule has 0 radical (unpaired) electrons. The number of aliphatic hydroxyl groups excluding tert-OH is 1. The van der Waals surface area contributed by atoms with Crippen molar-refractivity contribution in [2.75, 3.05) is 0 Å². The van der Waals surface area contributed by atoms with Crippen LogP contribution in [-0.2, 0) is 0 Å². The second kappa shape index (κ2) is 7.70. The van der Waals surface area contributed by atoms with Crippen molar-refractivity contribution in [3.8, 4) is 11.5 Å². The fourth-order valence-electron chi connectivity index (χ4n) is 1.14. The van der Waals surface area contributed by atoms with Crippen LogP contribution in [-0.4, -0.2) is 19.3 Å². The molecule has 0 spiro atoms. The van der Waals surface area contributed by atoms with Gasteiger partial charge in [-0.25, -0.2) is 0 Å². The number of hydrogen-bond donors (Lipinski definition) is 1. The van der Waals surface area contributed by atoms with Crippen LogP contribution in [0.15, 0.2) is 12.2 Å². The Kier molecular flexibility index (Phi) is 7.45. The first-order valence-electron chi connectivity index (χ1n) is 6.24. The molecule has 0 saturated carbocycles. The lowest BCUT2D eigenvalue weighted by Gasteiger charge is -2.10. The number of rotatable bonds is 5. The van der Waals surface area contributed by atoms with Gasteiger partial charge in [0.25, 0.3) is 0 Å². The minimum Gasteiger partial charge on any atom is -0.388 e. The molecule has 0 saturated heterocycles. The van der Waals surface area contributed by atoms with Gasteiger partial charge in [-0.05, 0) is 13.3 Å². The van der Waals surface area contributed by atoms with E-state index in [1.807, 2.05) is 13.0 Å². The zero-order valence-electron chi connectivity index (χ0n) is 11.4. The summed E-state index contributed by atoms with van der Waals surface area (Å²) in [4.78, 5) is 0. The predicted octanol–water partition coefficient (Wildman–Crippen LogP) is 3.61. The van der Waals surface area contributed by atoms with Crippen LogP contribution in [0.25, 0.3) is 0 Å². The van der Waals surface area contributed by atoms with Crippen LogP contribution < -0.4 is 0 Å². The zero-order valence-corrected chi connectivity index (χ0v) is 12.4. The van der Waals surface area contributed by atoms with Gasteiger partial charge in [0.1, 0.15) is 8.07 Å². The molecule has 16 heavy (non-hydrogen) atoms. The van der Waals surface area contributed by atoms with Crippen molar-refractivity contribution >= 4 is 8.07 Å². The highest BCUT2D eigenvalue weighted by Gasteiger charge is 2.11. The topological polar surface area (TPSA) is 20.2 Å². The van der Waals surface area contributed by atoms with Gasteiger partial charge >= 0.3 is 0 Å². The Morgan fingerprint density at radius 3 is 2.44 bits per heavy atom. The molecule has 0 aromatic heterocycles. The predicted molar refractivity (Wildman–Crippen MR) is 75.0 cm³/mol. The Balaban J connectivity index is 4.12. The van der Waals surface area contributed by atoms with E-state index in [0.29, 0.717) is 0 Å². The summed E-state index contributed by atoms with van der Waals surface area (Å²) < 4.78 is 0. The van der Waals surface area contributed by atoms with E-state index >= 15 is 0 Å². The SMILES string of the molecule is CCCC/C=C/[C@@H](O)[C@@H](C)C#C[Si](C)(C)C. The summed E-state index contributed by atoms with van der Waals surface area (Å²) in [6.45, 7) is 10.8. The first-order valence-corrected chi connectivity index (χ1v) is 9.74. The highest BCUT2D eigenvalue weighted by molar-refractivity contribution is 6.83. The fourth-order valence-corrected chi connectivity index (χ4v) is 1.80. The maximum absolute atomic E-state index is 9.84. The minimum absolute atomic E-state index is 0.0459. The highest BCUT2D eigenvalue weighted by Crippen LogP contribution is 2.06. The Morgan fingerprint density at radius 1 is 1.31 bits per heavy atom. The van der Waals surface area contributed by atoms with Gasteiger partial charge in [-0.3, -0.25) is 0 Å². The Bertz CT molecular complexity index is 265. The molecule has 0 aromatic rings. The average Bonchev–Trinajstić information content (AvgIpc) is 2.19. The molecule has 0 aromatic carbocycles. The summed E-state index contributed by atoms with van der Waals surface area (Å²) in [5.74, 6) is 3.22. The van der Waals surface area contributed by atoms with Crippen LogP contribution in [0, 0.1) is 17.4 Å². The number of unbranched alkanes of at least 4 members (excludes halogenated alkanes) is 2. The maximum Gasteiger partial charge on any atom is 0.129 e. The van der Waals surface area contributed by atoms with Crippen molar-refractivity contribution in [2.24, 2.45) is 5.92 Å². The third-order valence-corrected chi connectivity index (χ3v) is 3.14. The van der Waals surface area contributed by atoms with Gasteiger partial charge in [-0.2, -0.15) is 0 Å². The molecular weight excluding hydrogens is 212 g/mol. The molecule has 2 heteroatoms. The third-order valence-electron chi connectivity index (χ3n) is 2.24. The smallest absolute Gasteiger partial charge is 0.129 e. The first kappa shape index (κ1) is 15.5. The second-order valence-corrected chi connectivity index (χ2v) is 10.1. The molecule has 1 nitrogen and oxygen atoms in total. The van der Waals surface area contributed by atoms with Crippen LogP contribution >= 0.6 is 0 Å².